The number of carbonyl (C=O) groups excluding carboxylic acids is 2. The zero-order chi connectivity index (χ0) is 23.3. The Labute approximate surface area is 194 Å². The van der Waals surface area contributed by atoms with Crippen molar-refractivity contribution in [2.75, 3.05) is 10.6 Å². The van der Waals surface area contributed by atoms with Crippen LogP contribution in [0.3, 0.4) is 0 Å². The van der Waals surface area contributed by atoms with E-state index in [1.54, 1.807) is 25.1 Å². The number of benzene rings is 1. The number of rotatable bonds is 7. The highest BCUT2D eigenvalue weighted by atomic mass is 32.2. The van der Waals surface area contributed by atoms with Crippen molar-refractivity contribution in [2.45, 2.75) is 43.3 Å². The van der Waals surface area contributed by atoms with E-state index in [2.05, 4.69) is 23.6 Å². The van der Waals surface area contributed by atoms with Crippen molar-refractivity contribution in [3.05, 3.63) is 52.4 Å². The second kappa shape index (κ2) is 10.5. The van der Waals surface area contributed by atoms with Crippen molar-refractivity contribution in [1.29, 1.82) is 5.26 Å². The summed E-state index contributed by atoms with van der Waals surface area (Å²) in [5, 5.41) is 23.9. The maximum Gasteiger partial charge on any atom is 0.328 e. The molecule has 0 fully saturated rings. The van der Waals surface area contributed by atoms with Crippen molar-refractivity contribution in [3.63, 3.8) is 0 Å². The van der Waals surface area contributed by atoms with Crippen LogP contribution in [0.1, 0.15) is 36.3 Å². The van der Waals surface area contributed by atoms with Crippen LogP contribution in [0, 0.1) is 17.2 Å². The van der Waals surface area contributed by atoms with Crippen molar-refractivity contribution in [3.8, 4) is 6.07 Å². The summed E-state index contributed by atoms with van der Waals surface area (Å²) in [6.07, 6.45) is 4.56. The fourth-order valence-corrected chi connectivity index (χ4v) is 5.70. The van der Waals surface area contributed by atoms with Crippen molar-refractivity contribution < 1.29 is 19.5 Å². The van der Waals surface area contributed by atoms with Crippen LogP contribution in [0.2, 0.25) is 0 Å². The van der Waals surface area contributed by atoms with Gasteiger partial charge in [-0.15, -0.1) is 23.1 Å². The number of anilines is 2. The molecule has 1 aromatic heterocycles. The lowest BCUT2D eigenvalue weighted by atomic mass is 9.89. The summed E-state index contributed by atoms with van der Waals surface area (Å²) < 4.78 is 0. The minimum absolute atomic E-state index is 0.197. The number of hydrogen-bond acceptors (Lipinski definition) is 6. The van der Waals surface area contributed by atoms with Crippen LogP contribution in [0.25, 0.3) is 0 Å². The molecule has 0 radical (unpaired) electrons. The Hall–Kier alpha value is -3.09. The molecule has 9 heteroatoms. The molecule has 3 rings (SSSR count). The fourth-order valence-electron chi connectivity index (χ4n) is 3.41. The monoisotopic (exact) mass is 469 g/mol. The molecule has 2 unspecified atom stereocenters. The number of nitriles is 1. The van der Waals surface area contributed by atoms with Crippen LogP contribution < -0.4 is 10.6 Å². The van der Waals surface area contributed by atoms with E-state index >= 15 is 0 Å². The Bertz CT molecular complexity index is 1120. The van der Waals surface area contributed by atoms with Crippen molar-refractivity contribution >= 4 is 51.6 Å². The summed E-state index contributed by atoms with van der Waals surface area (Å²) in [7, 11) is 0. The SMILES string of the molecule is CC1CCc2c(sc(NC(=O)C(C)Sc3cccc(NC(=O)/C=C/C(=O)O)c3)c2C#N)C1. The number of thioether (sulfide) groups is 1. The second-order valence-electron chi connectivity index (χ2n) is 7.61. The number of thiophene rings is 1. The van der Waals surface area contributed by atoms with Gasteiger partial charge in [0.2, 0.25) is 11.8 Å². The molecule has 32 heavy (non-hydrogen) atoms. The topological polar surface area (TPSA) is 119 Å². The van der Waals surface area contributed by atoms with Gasteiger partial charge < -0.3 is 15.7 Å². The molecular weight excluding hydrogens is 446 g/mol. The molecule has 0 bridgehead atoms. The second-order valence-corrected chi connectivity index (χ2v) is 10.1. The average Bonchev–Trinajstić information content (AvgIpc) is 3.08. The number of hydrogen-bond donors (Lipinski definition) is 3. The third kappa shape index (κ3) is 5.99. The molecule has 1 aromatic carbocycles. The largest absolute Gasteiger partial charge is 0.478 e. The van der Waals surface area contributed by atoms with E-state index in [4.69, 9.17) is 5.11 Å². The molecule has 166 valence electrons. The van der Waals surface area contributed by atoms with E-state index in [1.165, 1.54) is 28.0 Å². The van der Waals surface area contributed by atoms with Crippen LogP contribution in [0.15, 0.2) is 41.3 Å². The van der Waals surface area contributed by atoms with Gasteiger partial charge in [-0.2, -0.15) is 5.26 Å². The number of aliphatic carboxylic acids is 1. The molecule has 0 saturated carbocycles. The van der Waals surface area contributed by atoms with Crippen LogP contribution in [0.5, 0.6) is 0 Å². The molecule has 2 aromatic rings. The Balaban J connectivity index is 1.65. The molecule has 1 aliphatic rings. The summed E-state index contributed by atoms with van der Waals surface area (Å²) in [5.41, 5.74) is 2.16. The lowest BCUT2D eigenvalue weighted by Crippen LogP contribution is -2.22. The number of nitrogens with zero attached hydrogens (tertiary/aromatic N) is 1. The summed E-state index contributed by atoms with van der Waals surface area (Å²) in [5.74, 6) is -1.37. The first-order valence-electron chi connectivity index (χ1n) is 10.1. The van der Waals surface area contributed by atoms with E-state index in [0.29, 0.717) is 22.2 Å². The minimum atomic E-state index is -1.20. The third-order valence-electron chi connectivity index (χ3n) is 5.02. The number of nitrogens with one attached hydrogen (secondary N) is 2. The van der Waals surface area contributed by atoms with Gasteiger partial charge in [-0.05, 0) is 55.9 Å². The maximum atomic E-state index is 12.8. The summed E-state index contributed by atoms with van der Waals surface area (Å²) in [6, 6.07) is 9.22. The smallest absolute Gasteiger partial charge is 0.328 e. The fraction of sp³-hybridized carbons (Fsp3) is 0.304. The van der Waals surface area contributed by atoms with E-state index in [0.717, 1.165) is 41.9 Å². The maximum absolute atomic E-state index is 12.8. The van der Waals surface area contributed by atoms with Gasteiger partial charge in [-0.3, -0.25) is 9.59 Å². The Kier molecular flexibility index (Phi) is 7.72. The molecule has 0 aliphatic heterocycles. The van der Waals surface area contributed by atoms with Gasteiger partial charge in [-0.1, -0.05) is 13.0 Å². The van der Waals surface area contributed by atoms with Crippen LogP contribution >= 0.6 is 23.1 Å². The average molecular weight is 470 g/mol. The lowest BCUT2D eigenvalue weighted by molar-refractivity contribution is -0.131. The highest BCUT2D eigenvalue weighted by Crippen LogP contribution is 2.39. The van der Waals surface area contributed by atoms with Crippen molar-refractivity contribution in [1.82, 2.24) is 0 Å². The molecule has 3 N–H and O–H groups in total. The zero-order valence-corrected chi connectivity index (χ0v) is 19.3. The number of fused-ring (bicyclic) bond motifs is 1. The Morgan fingerprint density at radius 1 is 1.31 bits per heavy atom. The standard InChI is InChI=1S/C23H23N3O4S2/c1-13-6-7-17-18(12-24)23(32-19(17)10-13)26-22(30)14(2)31-16-5-3-4-15(11-16)25-20(27)8-9-21(28)29/h3-5,8-9,11,13-14H,6-7,10H2,1-2H3,(H,25,27)(H,26,30)(H,28,29)/b9-8+. The Morgan fingerprint density at radius 2 is 2.09 bits per heavy atom. The third-order valence-corrected chi connectivity index (χ3v) is 7.28. The van der Waals surface area contributed by atoms with Crippen LogP contribution in [0.4, 0.5) is 10.7 Å². The molecule has 1 heterocycles. The summed E-state index contributed by atoms with van der Waals surface area (Å²) in [4.78, 5) is 37.0. The van der Waals surface area contributed by atoms with E-state index in [1.807, 2.05) is 6.07 Å². The quantitative estimate of drug-likeness (QED) is 0.407. The first-order chi connectivity index (χ1) is 15.3. The first kappa shape index (κ1) is 23.6. The van der Waals surface area contributed by atoms with E-state index in [9.17, 15) is 19.6 Å². The number of carboxylic acid groups (broad SMARTS) is 1. The van der Waals surface area contributed by atoms with Gasteiger partial charge in [0.1, 0.15) is 11.1 Å². The number of amides is 2. The summed E-state index contributed by atoms with van der Waals surface area (Å²) in [6.45, 7) is 3.98. The predicted molar refractivity (Wildman–Crippen MR) is 126 cm³/mol. The van der Waals surface area contributed by atoms with Gasteiger partial charge in [0.25, 0.3) is 0 Å². The predicted octanol–water partition coefficient (Wildman–Crippen LogP) is 4.44. The van der Waals surface area contributed by atoms with E-state index < -0.39 is 17.1 Å². The molecule has 7 nitrogen and oxygen atoms in total. The van der Waals surface area contributed by atoms with E-state index in [-0.39, 0.29) is 5.91 Å². The zero-order valence-electron chi connectivity index (χ0n) is 17.7. The molecule has 2 atom stereocenters. The number of carboxylic acids is 1. The minimum Gasteiger partial charge on any atom is -0.478 e. The molecule has 0 spiro atoms. The van der Waals surface area contributed by atoms with Gasteiger partial charge in [0.15, 0.2) is 0 Å². The molecule has 2 amide bonds. The highest BCUT2D eigenvalue weighted by molar-refractivity contribution is 8.00. The molecule has 1 aliphatic carbocycles. The van der Waals surface area contributed by atoms with Gasteiger partial charge in [-0.25, -0.2) is 4.79 Å². The summed E-state index contributed by atoms with van der Waals surface area (Å²) >= 11 is 2.82. The normalized spacial score (nSPS) is 16.1. The molecular formula is C23H23N3O4S2. The van der Waals surface area contributed by atoms with Gasteiger partial charge >= 0.3 is 5.97 Å². The Morgan fingerprint density at radius 3 is 2.81 bits per heavy atom. The van der Waals surface area contributed by atoms with Gasteiger partial charge in [0, 0.05) is 27.6 Å². The lowest BCUT2D eigenvalue weighted by Gasteiger charge is -2.17. The van der Waals surface area contributed by atoms with Crippen LogP contribution in [-0.2, 0) is 27.2 Å². The highest BCUT2D eigenvalue weighted by Gasteiger charge is 2.25. The van der Waals surface area contributed by atoms with Crippen molar-refractivity contribution in [2.24, 2.45) is 5.92 Å². The first-order valence-corrected chi connectivity index (χ1v) is 11.8. The molecule has 0 saturated heterocycles. The van der Waals surface area contributed by atoms with Gasteiger partial charge in [0.05, 0.1) is 10.8 Å². The van der Waals surface area contributed by atoms with Crippen LogP contribution in [-0.4, -0.2) is 28.1 Å². The number of carbonyl (C=O) groups is 3.